The highest BCUT2D eigenvalue weighted by atomic mass is 16.5. The number of hydrogen-bond acceptors (Lipinski definition) is 4. The minimum atomic E-state index is -0.489. The van der Waals surface area contributed by atoms with Crippen LogP contribution in [0.1, 0.15) is 6.92 Å². The van der Waals surface area contributed by atoms with Gasteiger partial charge in [-0.1, -0.05) is 12.2 Å². The van der Waals surface area contributed by atoms with E-state index in [2.05, 4.69) is 4.74 Å². The van der Waals surface area contributed by atoms with Gasteiger partial charge in [-0.2, -0.15) is 5.26 Å². The summed E-state index contributed by atoms with van der Waals surface area (Å²) < 4.78 is 4.61. The van der Waals surface area contributed by atoms with Gasteiger partial charge in [0, 0.05) is 11.6 Å². The number of aliphatic hydroxyl groups is 1. The third kappa shape index (κ3) is 5.65. The van der Waals surface area contributed by atoms with E-state index in [9.17, 15) is 4.79 Å². The van der Waals surface area contributed by atoms with Gasteiger partial charge in [-0.05, 0) is 6.92 Å². The maximum atomic E-state index is 11.0. The number of rotatable bonds is 4. The summed E-state index contributed by atoms with van der Waals surface area (Å²) in [5.74, 6) is -0.489. The predicted octanol–water partition coefficient (Wildman–Crippen LogP) is 0.548. The zero-order chi connectivity index (χ0) is 10.1. The molecule has 13 heavy (non-hydrogen) atoms. The lowest BCUT2D eigenvalue weighted by Gasteiger charge is -2.00. The number of ether oxygens (including phenoxy) is 1. The molecule has 0 amide bonds. The van der Waals surface area contributed by atoms with E-state index in [1.807, 2.05) is 0 Å². The summed E-state index contributed by atoms with van der Waals surface area (Å²) in [6.45, 7) is 1.38. The summed E-state index contributed by atoms with van der Waals surface area (Å²) in [4.78, 5) is 11.0. The van der Waals surface area contributed by atoms with E-state index in [1.54, 1.807) is 13.0 Å². The van der Waals surface area contributed by atoms with Gasteiger partial charge >= 0.3 is 5.97 Å². The van der Waals surface area contributed by atoms with E-state index < -0.39 is 5.97 Å². The molecule has 0 bridgehead atoms. The van der Waals surface area contributed by atoms with Crippen molar-refractivity contribution in [2.75, 3.05) is 13.2 Å². The summed E-state index contributed by atoms with van der Waals surface area (Å²) in [5, 5.41) is 16.5. The zero-order valence-corrected chi connectivity index (χ0v) is 7.36. The van der Waals surface area contributed by atoms with Crippen molar-refractivity contribution in [3.05, 3.63) is 23.8 Å². The van der Waals surface area contributed by atoms with Crippen LogP contribution in [0.3, 0.4) is 0 Å². The lowest BCUT2D eigenvalue weighted by Crippen LogP contribution is -2.08. The number of nitriles is 1. The van der Waals surface area contributed by atoms with Crippen LogP contribution < -0.4 is 0 Å². The molecule has 0 unspecified atom stereocenters. The number of carbonyl (C=O) groups is 1. The fourth-order valence-corrected chi connectivity index (χ4v) is 0.556. The van der Waals surface area contributed by atoms with Crippen LogP contribution in [0.15, 0.2) is 23.8 Å². The van der Waals surface area contributed by atoms with Gasteiger partial charge in [0.25, 0.3) is 0 Å². The number of nitrogens with zero attached hydrogens (tertiary/aromatic N) is 1. The third-order valence-electron chi connectivity index (χ3n) is 1.16. The van der Waals surface area contributed by atoms with E-state index >= 15 is 0 Å². The van der Waals surface area contributed by atoms with Gasteiger partial charge in [-0.25, -0.2) is 4.79 Å². The summed E-state index contributed by atoms with van der Waals surface area (Å²) in [7, 11) is 0. The normalized spacial score (nSPS) is 11.3. The van der Waals surface area contributed by atoms with Crippen LogP contribution >= 0.6 is 0 Å². The van der Waals surface area contributed by atoms with Gasteiger partial charge in [-0.15, -0.1) is 0 Å². The first kappa shape index (κ1) is 11.4. The van der Waals surface area contributed by atoms with Gasteiger partial charge in [0.1, 0.15) is 6.61 Å². The molecule has 0 saturated carbocycles. The first-order chi connectivity index (χ1) is 6.22. The smallest absolute Gasteiger partial charge is 0.333 e. The molecule has 0 saturated heterocycles. The highest BCUT2D eigenvalue weighted by Gasteiger charge is 2.02. The molecule has 0 aromatic heterocycles. The molecule has 0 rings (SSSR count). The van der Waals surface area contributed by atoms with E-state index in [-0.39, 0.29) is 13.2 Å². The number of aliphatic hydroxyl groups excluding tert-OH is 1. The van der Waals surface area contributed by atoms with Crippen LogP contribution in [0.5, 0.6) is 0 Å². The lowest BCUT2D eigenvalue weighted by molar-refractivity contribution is -0.139. The highest BCUT2D eigenvalue weighted by Crippen LogP contribution is 1.96. The van der Waals surface area contributed by atoms with Gasteiger partial charge < -0.3 is 9.84 Å². The molecule has 1 N–H and O–H groups in total. The second-order valence-corrected chi connectivity index (χ2v) is 2.20. The molecule has 0 aliphatic heterocycles. The molecule has 0 aromatic carbocycles. The molecule has 0 aliphatic rings. The number of hydrogen-bond donors (Lipinski definition) is 1. The van der Waals surface area contributed by atoms with E-state index in [4.69, 9.17) is 10.4 Å². The lowest BCUT2D eigenvalue weighted by atomic mass is 10.3. The fraction of sp³-hybridized carbons (Fsp3) is 0.333. The SMILES string of the molecule is CC(=CC=CC#N)C(=O)OCCO. The molecule has 0 atom stereocenters. The van der Waals surface area contributed by atoms with Crippen LogP contribution in [0.4, 0.5) is 0 Å². The molecular formula is C9H11NO3. The molecule has 0 aliphatic carbocycles. The minimum Gasteiger partial charge on any atom is -0.460 e. The molecule has 0 heterocycles. The van der Waals surface area contributed by atoms with E-state index in [0.29, 0.717) is 5.57 Å². The van der Waals surface area contributed by atoms with E-state index in [0.717, 1.165) is 0 Å². The Labute approximate surface area is 76.7 Å². The van der Waals surface area contributed by atoms with Crippen molar-refractivity contribution in [3.8, 4) is 6.07 Å². The average molecular weight is 181 g/mol. The van der Waals surface area contributed by atoms with Crippen LogP contribution in [-0.4, -0.2) is 24.3 Å². The summed E-state index contributed by atoms with van der Waals surface area (Å²) in [6.07, 6.45) is 4.18. The van der Waals surface area contributed by atoms with Crippen LogP contribution in [0.25, 0.3) is 0 Å². The van der Waals surface area contributed by atoms with Gasteiger partial charge in [0.05, 0.1) is 12.7 Å². The maximum absolute atomic E-state index is 11.0. The minimum absolute atomic E-state index is 0.00796. The molecule has 70 valence electrons. The molecule has 0 radical (unpaired) electrons. The van der Waals surface area contributed by atoms with Crippen LogP contribution in [0, 0.1) is 11.3 Å². The molecule has 0 aromatic rings. The Morgan fingerprint density at radius 1 is 1.69 bits per heavy atom. The second kappa shape index (κ2) is 7.07. The zero-order valence-electron chi connectivity index (χ0n) is 7.36. The Bertz CT molecular complexity index is 261. The Hall–Kier alpha value is -1.60. The predicted molar refractivity (Wildman–Crippen MR) is 46.6 cm³/mol. The standard InChI is InChI=1S/C9H11NO3/c1-8(4-2-3-5-10)9(12)13-7-6-11/h2-4,11H,6-7H2,1H3. The first-order valence-corrected chi connectivity index (χ1v) is 3.73. The van der Waals surface area contributed by atoms with Gasteiger partial charge in [0.15, 0.2) is 0 Å². The Morgan fingerprint density at radius 3 is 2.92 bits per heavy atom. The maximum Gasteiger partial charge on any atom is 0.333 e. The summed E-state index contributed by atoms with van der Waals surface area (Å²) in [6, 6.07) is 1.79. The topological polar surface area (TPSA) is 70.3 Å². The van der Waals surface area contributed by atoms with E-state index in [1.165, 1.54) is 18.2 Å². The molecule has 0 spiro atoms. The molecule has 0 fully saturated rings. The highest BCUT2D eigenvalue weighted by molar-refractivity contribution is 5.88. The van der Waals surface area contributed by atoms with Crippen molar-refractivity contribution < 1.29 is 14.6 Å². The van der Waals surface area contributed by atoms with Crippen molar-refractivity contribution in [3.63, 3.8) is 0 Å². The second-order valence-electron chi connectivity index (χ2n) is 2.20. The fourth-order valence-electron chi connectivity index (χ4n) is 0.556. The first-order valence-electron chi connectivity index (χ1n) is 3.73. The Balaban J connectivity index is 4.02. The van der Waals surface area contributed by atoms with Crippen molar-refractivity contribution in [2.45, 2.75) is 6.92 Å². The average Bonchev–Trinajstić information content (AvgIpc) is 2.14. The van der Waals surface area contributed by atoms with Crippen LogP contribution in [-0.2, 0) is 9.53 Å². The van der Waals surface area contributed by atoms with Crippen molar-refractivity contribution >= 4 is 5.97 Å². The van der Waals surface area contributed by atoms with Gasteiger partial charge in [0.2, 0.25) is 0 Å². The number of esters is 1. The number of carbonyl (C=O) groups excluding carboxylic acids is 1. The third-order valence-corrected chi connectivity index (χ3v) is 1.16. The number of allylic oxidation sites excluding steroid dienone is 3. The van der Waals surface area contributed by atoms with Gasteiger partial charge in [-0.3, -0.25) is 0 Å². The molecular weight excluding hydrogens is 170 g/mol. The molecule has 4 nitrogen and oxygen atoms in total. The summed E-state index contributed by atoms with van der Waals surface area (Å²) in [5.41, 5.74) is 0.389. The summed E-state index contributed by atoms with van der Waals surface area (Å²) >= 11 is 0. The Kier molecular flexibility index (Phi) is 6.20. The molecule has 4 heteroatoms. The van der Waals surface area contributed by atoms with Crippen LogP contribution in [0.2, 0.25) is 0 Å². The van der Waals surface area contributed by atoms with Crippen molar-refractivity contribution in [1.82, 2.24) is 0 Å². The van der Waals surface area contributed by atoms with Crippen molar-refractivity contribution in [1.29, 1.82) is 5.26 Å². The van der Waals surface area contributed by atoms with Crippen molar-refractivity contribution in [2.24, 2.45) is 0 Å². The Morgan fingerprint density at radius 2 is 2.38 bits per heavy atom. The largest absolute Gasteiger partial charge is 0.460 e. The monoisotopic (exact) mass is 181 g/mol. The quantitative estimate of drug-likeness (QED) is 0.297.